The molecule has 0 spiro atoms. The van der Waals surface area contributed by atoms with E-state index in [1.807, 2.05) is 36.4 Å². The average molecular weight is 284 g/mol. The molecular formula is C14H13ClOV. The largest absolute Gasteiger partial charge is 2.00 e. The Kier molecular flexibility index (Phi) is 12.2. The van der Waals surface area contributed by atoms with Crippen molar-refractivity contribution in [1.82, 2.24) is 0 Å². The molecule has 0 aliphatic rings. The van der Waals surface area contributed by atoms with E-state index >= 15 is 0 Å². The summed E-state index contributed by atoms with van der Waals surface area (Å²) in [5, 5.41) is 0. The number of hydrogen-bond acceptors (Lipinski definition) is 1. The van der Waals surface area contributed by atoms with Crippen molar-refractivity contribution in [3.05, 3.63) is 78.7 Å². The van der Waals surface area contributed by atoms with Gasteiger partial charge in [0, 0.05) is 0 Å². The van der Waals surface area contributed by atoms with Crippen LogP contribution in [-0.2, 0) is 23.4 Å². The summed E-state index contributed by atoms with van der Waals surface area (Å²) in [5.41, 5.74) is 1.68. The van der Waals surface area contributed by atoms with E-state index in [1.165, 1.54) is 0 Å². The quantitative estimate of drug-likeness (QED) is 0.733. The van der Waals surface area contributed by atoms with Crippen LogP contribution in [0.25, 0.3) is 0 Å². The van der Waals surface area contributed by atoms with Gasteiger partial charge in [-0.3, -0.25) is 0 Å². The maximum absolute atomic E-state index is 9.88. The van der Waals surface area contributed by atoms with Gasteiger partial charge in [-0.15, -0.1) is 36.7 Å². The number of hydrogen-bond donors (Lipinski definition) is 0. The summed E-state index contributed by atoms with van der Waals surface area (Å²) in [5.74, 6) is 0. The number of benzene rings is 2. The minimum absolute atomic E-state index is 0. The van der Waals surface area contributed by atoms with Crippen molar-refractivity contribution >= 4 is 18.7 Å². The molecule has 2 rings (SSSR count). The number of carbonyl (C=O) groups excluding carboxylic acids is 1. The van der Waals surface area contributed by atoms with E-state index in [9.17, 15) is 4.79 Å². The van der Waals surface area contributed by atoms with Crippen molar-refractivity contribution in [1.29, 1.82) is 0 Å². The third-order valence-electron chi connectivity index (χ3n) is 1.73. The fourth-order valence-corrected chi connectivity index (χ4v) is 0.984. The minimum Gasteiger partial charge on any atom is -0.376 e. The van der Waals surface area contributed by atoms with Crippen LogP contribution >= 0.6 is 12.4 Å². The van der Waals surface area contributed by atoms with Crippen LogP contribution in [-0.4, -0.2) is 6.29 Å². The fraction of sp³-hybridized carbons (Fsp3) is 0. The summed E-state index contributed by atoms with van der Waals surface area (Å²) < 4.78 is 0. The van der Waals surface area contributed by atoms with Gasteiger partial charge in [-0.1, -0.05) is 12.1 Å². The molecule has 0 aromatic heterocycles. The second kappa shape index (κ2) is 11.3. The van der Waals surface area contributed by atoms with Gasteiger partial charge >= 0.3 is 18.6 Å². The topological polar surface area (TPSA) is 17.1 Å². The minimum atomic E-state index is 0. The molecule has 0 aliphatic carbocycles. The molecule has 0 bridgehead atoms. The van der Waals surface area contributed by atoms with Crippen LogP contribution in [0.5, 0.6) is 0 Å². The predicted octanol–water partition coefficient (Wildman–Crippen LogP) is 3.43. The van der Waals surface area contributed by atoms with E-state index in [-0.39, 0.29) is 31.0 Å². The van der Waals surface area contributed by atoms with Crippen molar-refractivity contribution in [2.24, 2.45) is 0 Å². The molecule has 0 amide bonds. The molecular weight excluding hydrogens is 271 g/mol. The second-order valence-electron chi connectivity index (χ2n) is 2.95. The third kappa shape index (κ3) is 8.64. The molecule has 0 fully saturated rings. The van der Waals surface area contributed by atoms with Gasteiger partial charge in [0.05, 0.1) is 6.29 Å². The Labute approximate surface area is 121 Å². The summed E-state index contributed by atoms with van der Waals surface area (Å²) in [4.78, 5) is 9.88. The molecule has 1 radical (unpaired) electrons. The van der Waals surface area contributed by atoms with Crippen LogP contribution in [0.2, 0.25) is 0 Å². The van der Waals surface area contributed by atoms with Gasteiger partial charge in [0.15, 0.2) is 0 Å². The first-order chi connectivity index (χ1) is 7.33. The smallest absolute Gasteiger partial charge is 0.376 e. The Balaban J connectivity index is 0. The average Bonchev–Trinajstić information content (AvgIpc) is 2.32. The first kappa shape index (κ1) is 18.2. The van der Waals surface area contributed by atoms with Crippen LogP contribution in [0.15, 0.2) is 60.7 Å². The first-order valence-electron chi connectivity index (χ1n) is 4.63. The van der Waals surface area contributed by atoms with Crippen molar-refractivity contribution in [3.8, 4) is 0 Å². The molecule has 0 unspecified atom stereocenters. The molecule has 2 aromatic carbocycles. The molecule has 17 heavy (non-hydrogen) atoms. The zero-order chi connectivity index (χ0) is 10.9. The fourth-order valence-electron chi connectivity index (χ4n) is 0.984. The molecule has 0 N–H and O–H groups in total. The van der Waals surface area contributed by atoms with E-state index in [2.05, 4.69) is 6.92 Å². The summed E-state index contributed by atoms with van der Waals surface area (Å²) in [7, 11) is 0. The van der Waals surface area contributed by atoms with E-state index in [0.29, 0.717) is 5.56 Å². The van der Waals surface area contributed by atoms with Crippen molar-refractivity contribution in [3.63, 3.8) is 0 Å². The molecule has 1 nitrogen and oxygen atoms in total. The summed E-state index contributed by atoms with van der Waals surface area (Å²) in [6.07, 6.45) is 1.78. The van der Waals surface area contributed by atoms with Crippen molar-refractivity contribution < 1.29 is 23.4 Å². The molecule has 0 heterocycles. The molecule has 2 aromatic rings. The van der Waals surface area contributed by atoms with Crippen LogP contribution in [0.4, 0.5) is 0 Å². The van der Waals surface area contributed by atoms with Gasteiger partial charge < -0.3 is 4.79 Å². The second-order valence-corrected chi connectivity index (χ2v) is 2.95. The number of halogens is 1. The van der Waals surface area contributed by atoms with Crippen molar-refractivity contribution in [2.45, 2.75) is 0 Å². The zero-order valence-corrected chi connectivity index (χ0v) is 11.5. The van der Waals surface area contributed by atoms with E-state index < -0.39 is 0 Å². The van der Waals surface area contributed by atoms with Gasteiger partial charge in [-0.2, -0.15) is 42.3 Å². The van der Waals surface area contributed by atoms with Crippen molar-refractivity contribution in [2.75, 3.05) is 0 Å². The van der Waals surface area contributed by atoms with E-state index in [4.69, 9.17) is 0 Å². The third-order valence-corrected chi connectivity index (χ3v) is 1.73. The van der Waals surface area contributed by atoms with Gasteiger partial charge in [0.25, 0.3) is 0 Å². The van der Waals surface area contributed by atoms with Crippen LogP contribution in [0, 0.1) is 6.92 Å². The van der Waals surface area contributed by atoms with Crippen LogP contribution in [0.3, 0.4) is 0 Å². The molecule has 0 saturated heterocycles. The Morgan fingerprint density at radius 2 is 1.24 bits per heavy atom. The SMILES string of the molecule is Cl.O=[C-]c1ccccc1.[CH2-]c1ccccc1.[V+2]. The molecule has 3 heteroatoms. The van der Waals surface area contributed by atoms with Gasteiger partial charge in [-0.25, -0.2) is 0 Å². The molecule has 0 aliphatic heterocycles. The Morgan fingerprint density at radius 3 is 1.47 bits per heavy atom. The van der Waals surface area contributed by atoms with Gasteiger partial charge in [0.2, 0.25) is 0 Å². The molecule has 0 saturated carbocycles. The predicted molar refractivity (Wildman–Crippen MR) is 69.4 cm³/mol. The first-order valence-corrected chi connectivity index (χ1v) is 4.63. The van der Waals surface area contributed by atoms with Gasteiger partial charge in [0.1, 0.15) is 0 Å². The normalized spacial score (nSPS) is 7.53. The Hall–Kier alpha value is -1.15. The summed E-state index contributed by atoms with van der Waals surface area (Å²) in [6.45, 7) is 3.72. The summed E-state index contributed by atoms with van der Waals surface area (Å²) in [6, 6.07) is 18.8. The molecule has 87 valence electrons. The van der Waals surface area contributed by atoms with E-state index in [0.717, 1.165) is 5.56 Å². The number of rotatable bonds is 1. The maximum Gasteiger partial charge on any atom is 2.00 e. The van der Waals surface area contributed by atoms with E-state index in [1.54, 1.807) is 30.6 Å². The Morgan fingerprint density at radius 1 is 0.824 bits per heavy atom. The standard InChI is InChI=1S/C7H5O.C7H7.ClH.V/c8-6-7-4-2-1-3-5-7;1-7-5-3-2-4-6-7;;/h1-5H;2-6H,1H2;1H;/q2*-1;;+2. The van der Waals surface area contributed by atoms with Crippen LogP contribution in [0.1, 0.15) is 11.1 Å². The maximum atomic E-state index is 9.88. The Bertz CT molecular complexity index is 389. The zero-order valence-electron chi connectivity index (χ0n) is 9.24. The van der Waals surface area contributed by atoms with Gasteiger partial charge in [-0.05, 0) is 0 Å². The molecule has 0 atom stereocenters. The summed E-state index contributed by atoms with van der Waals surface area (Å²) >= 11 is 0. The monoisotopic (exact) mass is 283 g/mol. The van der Waals surface area contributed by atoms with Crippen LogP contribution < -0.4 is 0 Å².